The van der Waals surface area contributed by atoms with Crippen molar-refractivity contribution in [1.82, 2.24) is 9.55 Å². The predicted octanol–water partition coefficient (Wildman–Crippen LogP) is 4.11. The molecule has 0 N–H and O–H groups in total. The summed E-state index contributed by atoms with van der Waals surface area (Å²) in [7, 11) is 0. The first kappa shape index (κ1) is 22.7. The van der Waals surface area contributed by atoms with Gasteiger partial charge in [-0.25, -0.2) is 9.78 Å². The molecule has 0 radical (unpaired) electrons. The Hall–Kier alpha value is -3.48. The smallest absolute Gasteiger partial charge is 0.338 e. The van der Waals surface area contributed by atoms with E-state index < -0.39 is 5.97 Å². The Morgan fingerprint density at radius 1 is 1.06 bits per heavy atom. The van der Waals surface area contributed by atoms with Crippen LogP contribution >= 0.6 is 0 Å². The van der Waals surface area contributed by atoms with Crippen LogP contribution in [0.1, 0.15) is 55.7 Å². The number of amides is 1. The van der Waals surface area contributed by atoms with Crippen molar-refractivity contribution in [2.45, 2.75) is 58.5 Å². The van der Waals surface area contributed by atoms with E-state index in [1.807, 2.05) is 44.2 Å². The lowest BCUT2D eigenvalue weighted by Crippen LogP contribution is -2.39. The molecule has 1 aliphatic rings. The first-order valence-corrected chi connectivity index (χ1v) is 11.5. The molecular weight excluding hydrogens is 418 g/mol. The van der Waals surface area contributed by atoms with Gasteiger partial charge in [0.1, 0.15) is 5.82 Å². The molecule has 172 valence electrons. The van der Waals surface area contributed by atoms with E-state index in [1.165, 1.54) is 0 Å². The van der Waals surface area contributed by atoms with Crippen LogP contribution < -0.4 is 10.5 Å². The molecule has 1 aliphatic heterocycles. The topological polar surface area (TPSA) is 81.5 Å². The number of para-hydroxylation sites is 1. The number of hydrogen-bond donors (Lipinski definition) is 0. The van der Waals surface area contributed by atoms with Crippen molar-refractivity contribution < 1.29 is 14.3 Å². The minimum atomic E-state index is -0.615. The summed E-state index contributed by atoms with van der Waals surface area (Å²) in [6, 6.07) is 14.0. The molecule has 0 bridgehead atoms. The average molecular weight is 448 g/mol. The van der Waals surface area contributed by atoms with Crippen LogP contribution in [-0.4, -0.2) is 34.1 Å². The lowest BCUT2D eigenvalue weighted by atomic mass is 10.1. The number of esters is 1. The Labute approximate surface area is 193 Å². The number of benzene rings is 2. The van der Waals surface area contributed by atoms with Crippen LogP contribution in [0.25, 0.3) is 10.9 Å². The van der Waals surface area contributed by atoms with Gasteiger partial charge in [-0.1, -0.05) is 31.0 Å². The Kier molecular flexibility index (Phi) is 6.87. The zero-order valence-electron chi connectivity index (χ0n) is 19.1. The molecule has 7 nitrogen and oxygen atoms in total. The molecule has 0 unspecified atom stereocenters. The molecule has 2 aromatic carbocycles. The molecule has 0 atom stereocenters. The number of aryl methyl sites for hydroxylation is 1. The molecule has 1 aromatic heterocycles. The minimum absolute atomic E-state index is 0.0672. The van der Waals surface area contributed by atoms with Gasteiger partial charge in [0, 0.05) is 24.7 Å². The second-order valence-electron chi connectivity index (χ2n) is 8.65. The lowest BCUT2D eigenvalue weighted by molar-refractivity contribution is -0.122. The zero-order valence-corrected chi connectivity index (χ0v) is 19.1. The maximum Gasteiger partial charge on any atom is 0.338 e. The summed E-state index contributed by atoms with van der Waals surface area (Å²) in [5.74, 6) is -0.151. The largest absolute Gasteiger partial charge is 0.452 e. The van der Waals surface area contributed by atoms with Gasteiger partial charge >= 0.3 is 5.97 Å². The molecule has 3 aromatic rings. The molecule has 0 aliphatic carbocycles. The molecule has 7 heteroatoms. The molecule has 4 rings (SSSR count). The zero-order chi connectivity index (χ0) is 23.4. The third kappa shape index (κ3) is 4.97. The van der Waals surface area contributed by atoms with Crippen molar-refractivity contribution in [3.05, 3.63) is 70.3 Å². The van der Waals surface area contributed by atoms with Crippen LogP contribution in [0.3, 0.4) is 0 Å². The molecule has 1 amide bonds. The van der Waals surface area contributed by atoms with Gasteiger partial charge in [0.25, 0.3) is 11.5 Å². The van der Waals surface area contributed by atoms with Crippen LogP contribution in [0.4, 0.5) is 5.69 Å². The first-order chi connectivity index (χ1) is 16.0. The molecular formula is C26H29N3O4. The van der Waals surface area contributed by atoms with E-state index in [9.17, 15) is 14.4 Å². The predicted molar refractivity (Wildman–Crippen MR) is 128 cm³/mol. The van der Waals surface area contributed by atoms with E-state index in [0.717, 1.165) is 43.6 Å². The highest BCUT2D eigenvalue weighted by atomic mass is 16.5. The number of anilines is 1. The van der Waals surface area contributed by atoms with Gasteiger partial charge in [-0.2, -0.15) is 0 Å². The van der Waals surface area contributed by atoms with Gasteiger partial charge in [-0.3, -0.25) is 14.2 Å². The normalized spacial score (nSPS) is 13.8. The second-order valence-corrected chi connectivity index (χ2v) is 8.65. The van der Waals surface area contributed by atoms with E-state index in [1.54, 1.807) is 27.7 Å². The Morgan fingerprint density at radius 2 is 1.82 bits per heavy atom. The van der Waals surface area contributed by atoms with Crippen molar-refractivity contribution >= 4 is 28.5 Å². The fourth-order valence-corrected chi connectivity index (χ4v) is 4.32. The van der Waals surface area contributed by atoms with Crippen LogP contribution in [0, 0.1) is 0 Å². The van der Waals surface area contributed by atoms with Gasteiger partial charge in [-0.05, 0) is 57.0 Å². The summed E-state index contributed by atoms with van der Waals surface area (Å²) >= 11 is 0. The summed E-state index contributed by atoms with van der Waals surface area (Å²) in [6.07, 6.45) is 4.96. The number of fused-ring (bicyclic) bond motifs is 2. The number of aromatic nitrogens is 2. The summed E-state index contributed by atoms with van der Waals surface area (Å²) in [6.45, 7) is 4.12. The summed E-state index contributed by atoms with van der Waals surface area (Å²) < 4.78 is 7.10. The van der Waals surface area contributed by atoms with E-state index in [2.05, 4.69) is 4.98 Å². The molecule has 2 heterocycles. The van der Waals surface area contributed by atoms with Crippen LogP contribution in [-0.2, 0) is 22.5 Å². The fourth-order valence-electron chi connectivity index (χ4n) is 4.32. The maximum absolute atomic E-state index is 13.0. The quantitative estimate of drug-likeness (QED) is 0.550. The van der Waals surface area contributed by atoms with Crippen LogP contribution in [0.15, 0.2) is 53.3 Å². The fraction of sp³-hybridized carbons (Fsp3) is 0.385. The van der Waals surface area contributed by atoms with Gasteiger partial charge < -0.3 is 9.64 Å². The van der Waals surface area contributed by atoms with E-state index in [4.69, 9.17) is 4.74 Å². The average Bonchev–Trinajstić information content (AvgIpc) is 2.79. The Bertz CT molecular complexity index is 1220. The van der Waals surface area contributed by atoms with E-state index in [0.29, 0.717) is 17.4 Å². The van der Waals surface area contributed by atoms with E-state index >= 15 is 0 Å². The van der Waals surface area contributed by atoms with Crippen LogP contribution in [0.5, 0.6) is 0 Å². The van der Waals surface area contributed by atoms with Gasteiger partial charge in [0.2, 0.25) is 0 Å². The summed E-state index contributed by atoms with van der Waals surface area (Å²) in [4.78, 5) is 44.7. The maximum atomic E-state index is 13.0. The lowest BCUT2D eigenvalue weighted by Gasteiger charge is -2.26. The minimum Gasteiger partial charge on any atom is -0.452 e. The standard InChI is InChI=1S/C26H29N3O4/c1-18(2)29(20-10-6-5-7-11-20)24(30)17-33-26(32)19-13-14-21-22(16-19)27-23-12-8-3-4-9-15-28(23)25(21)31/h5-7,10-11,13-14,16,18H,3-4,8-9,12,15,17H2,1-2H3. The summed E-state index contributed by atoms with van der Waals surface area (Å²) in [5.41, 5.74) is 1.44. The van der Waals surface area contributed by atoms with Gasteiger partial charge in [0.15, 0.2) is 6.61 Å². The number of carbonyl (C=O) groups excluding carboxylic acids is 2. The van der Waals surface area contributed by atoms with Gasteiger partial charge in [0.05, 0.1) is 16.5 Å². The molecule has 0 spiro atoms. The highest BCUT2D eigenvalue weighted by Crippen LogP contribution is 2.19. The highest BCUT2D eigenvalue weighted by molar-refractivity contribution is 5.98. The van der Waals surface area contributed by atoms with Crippen molar-refractivity contribution in [3.8, 4) is 0 Å². The van der Waals surface area contributed by atoms with Crippen molar-refractivity contribution in [1.29, 1.82) is 0 Å². The molecule has 0 saturated heterocycles. The Balaban J connectivity index is 1.52. The van der Waals surface area contributed by atoms with Gasteiger partial charge in [-0.15, -0.1) is 0 Å². The van der Waals surface area contributed by atoms with Crippen molar-refractivity contribution in [3.63, 3.8) is 0 Å². The van der Waals surface area contributed by atoms with E-state index in [-0.39, 0.29) is 29.7 Å². The van der Waals surface area contributed by atoms with Crippen molar-refractivity contribution in [2.75, 3.05) is 11.5 Å². The number of carbonyl (C=O) groups is 2. The third-order valence-electron chi connectivity index (χ3n) is 5.95. The SMILES string of the molecule is CC(C)N(C(=O)COC(=O)c1ccc2c(=O)n3c(nc2c1)CCCCCC3)c1ccccc1. The first-order valence-electron chi connectivity index (χ1n) is 11.5. The second kappa shape index (κ2) is 9.98. The third-order valence-corrected chi connectivity index (χ3v) is 5.95. The molecule has 0 fully saturated rings. The van der Waals surface area contributed by atoms with Crippen LogP contribution in [0.2, 0.25) is 0 Å². The molecule has 33 heavy (non-hydrogen) atoms. The van der Waals surface area contributed by atoms with Crippen molar-refractivity contribution in [2.24, 2.45) is 0 Å². The monoisotopic (exact) mass is 447 g/mol. The number of hydrogen-bond acceptors (Lipinski definition) is 5. The number of ether oxygens (including phenoxy) is 1. The number of nitrogens with zero attached hydrogens (tertiary/aromatic N) is 3. The number of rotatable bonds is 5. The highest BCUT2D eigenvalue weighted by Gasteiger charge is 2.21. The Morgan fingerprint density at radius 3 is 2.58 bits per heavy atom. The molecule has 0 saturated carbocycles. The summed E-state index contributed by atoms with van der Waals surface area (Å²) in [5, 5.41) is 0.488.